The molecule has 0 unspecified atom stereocenters. The van der Waals surface area contributed by atoms with Crippen LogP contribution in [0.25, 0.3) is 0 Å². The van der Waals surface area contributed by atoms with Crippen LogP contribution in [0.15, 0.2) is 36.4 Å². The third-order valence-electron chi connectivity index (χ3n) is 4.87. The van der Waals surface area contributed by atoms with E-state index in [0.29, 0.717) is 22.1 Å². The summed E-state index contributed by atoms with van der Waals surface area (Å²) >= 11 is 5.92. The number of carbonyl (C=O) groups excluding carboxylic acids is 2. The monoisotopic (exact) mass is 447 g/mol. The van der Waals surface area contributed by atoms with Crippen molar-refractivity contribution in [3.05, 3.63) is 57.1 Å². The maximum absolute atomic E-state index is 12.4. The quantitative estimate of drug-likeness (QED) is 0.387. The summed E-state index contributed by atoms with van der Waals surface area (Å²) in [4.78, 5) is 37.5. The molecule has 0 bridgehead atoms. The number of amides is 1. The molecule has 0 saturated carbocycles. The van der Waals surface area contributed by atoms with Gasteiger partial charge in [0.2, 0.25) is 0 Å². The predicted molar refractivity (Wildman–Crippen MR) is 116 cm³/mol. The zero-order valence-electron chi connectivity index (χ0n) is 16.9. The molecule has 1 fully saturated rings. The zero-order chi connectivity index (χ0) is 22.4. The van der Waals surface area contributed by atoms with Crippen LogP contribution in [-0.4, -0.2) is 43.6 Å². The largest absolute Gasteiger partial charge is 0.495 e. The predicted octanol–water partition coefficient (Wildman–Crippen LogP) is 4.04. The third kappa shape index (κ3) is 5.64. The first kappa shape index (κ1) is 22.4. The standard InChI is InChI=1S/C21H22ClN3O6/c1-30-19-8-6-15(22)12-16(19)23-20(26)13-31-21(27)14-5-7-17(18(11-14)25(28)29)24-9-3-2-4-10-24/h5-8,11-12H,2-4,9-10,13H2,1H3,(H,23,26). The van der Waals surface area contributed by atoms with Gasteiger partial charge in [-0.05, 0) is 49.6 Å². The van der Waals surface area contributed by atoms with E-state index in [0.717, 1.165) is 32.4 Å². The normalized spacial score (nSPS) is 13.4. The second kappa shape index (κ2) is 10.1. The summed E-state index contributed by atoms with van der Waals surface area (Å²) in [5.41, 5.74) is 0.648. The molecule has 0 atom stereocenters. The van der Waals surface area contributed by atoms with E-state index in [1.807, 2.05) is 4.90 Å². The maximum atomic E-state index is 12.4. The van der Waals surface area contributed by atoms with Crippen molar-refractivity contribution in [2.75, 3.05) is 37.0 Å². The van der Waals surface area contributed by atoms with Crippen LogP contribution >= 0.6 is 11.6 Å². The Morgan fingerprint density at radius 1 is 1.16 bits per heavy atom. The molecule has 1 heterocycles. The average molecular weight is 448 g/mol. The molecule has 2 aromatic carbocycles. The molecule has 1 saturated heterocycles. The molecular weight excluding hydrogens is 426 g/mol. The Morgan fingerprint density at radius 3 is 2.58 bits per heavy atom. The second-order valence-corrected chi connectivity index (χ2v) is 7.41. The van der Waals surface area contributed by atoms with E-state index < -0.39 is 23.4 Å². The van der Waals surface area contributed by atoms with Gasteiger partial charge in [0.05, 0.1) is 23.3 Å². The van der Waals surface area contributed by atoms with Crippen LogP contribution < -0.4 is 15.0 Å². The minimum Gasteiger partial charge on any atom is -0.495 e. The first-order chi connectivity index (χ1) is 14.9. The molecule has 0 radical (unpaired) electrons. The topological polar surface area (TPSA) is 111 Å². The summed E-state index contributed by atoms with van der Waals surface area (Å²) in [5.74, 6) is -1.04. The number of benzene rings is 2. The van der Waals surface area contributed by atoms with Crippen LogP contribution in [0.1, 0.15) is 29.6 Å². The van der Waals surface area contributed by atoms with Crippen LogP contribution in [0, 0.1) is 10.1 Å². The SMILES string of the molecule is COc1ccc(Cl)cc1NC(=O)COC(=O)c1ccc(N2CCCCC2)c([N+](=O)[O-])c1. The Labute approximate surface area is 184 Å². The van der Waals surface area contributed by atoms with Gasteiger partial charge in [0.25, 0.3) is 11.6 Å². The lowest BCUT2D eigenvalue weighted by Crippen LogP contribution is -2.30. The number of nitro benzene ring substituents is 1. The van der Waals surface area contributed by atoms with Crippen molar-refractivity contribution in [2.24, 2.45) is 0 Å². The molecule has 1 amide bonds. The van der Waals surface area contributed by atoms with E-state index in [1.54, 1.807) is 18.2 Å². The highest BCUT2D eigenvalue weighted by Crippen LogP contribution is 2.31. The number of nitro groups is 1. The number of hydrogen-bond acceptors (Lipinski definition) is 7. The molecule has 10 heteroatoms. The minimum absolute atomic E-state index is 0.000551. The second-order valence-electron chi connectivity index (χ2n) is 6.98. The Hall–Kier alpha value is -3.33. The Balaban J connectivity index is 1.66. The van der Waals surface area contributed by atoms with Crippen molar-refractivity contribution < 1.29 is 24.0 Å². The molecule has 0 spiro atoms. The highest BCUT2D eigenvalue weighted by atomic mass is 35.5. The van der Waals surface area contributed by atoms with Crippen LogP contribution in [0.3, 0.4) is 0 Å². The Morgan fingerprint density at radius 2 is 1.90 bits per heavy atom. The molecule has 1 N–H and O–H groups in total. The van der Waals surface area contributed by atoms with Gasteiger partial charge >= 0.3 is 5.97 Å². The molecule has 1 aliphatic heterocycles. The minimum atomic E-state index is -0.832. The summed E-state index contributed by atoms with van der Waals surface area (Å²) in [6.07, 6.45) is 3.03. The number of anilines is 2. The number of ether oxygens (including phenoxy) is 2. The van der Waals surface area contributed by atoms with Gasteiger partial charge < -0.3 is 19.7 Å². The molecule has 2 aromatic rings. The van der Waals surface area contributed by atoms with Crippen molar-refractivity contribution in [3.63, 3.8) is 0 Å². The van der Waals surface area contributed by atoms with E-state index in [9.17, 15) is 19.7 Å². The Kier molecular flexibility index (Phi) is 7.30. The maximum Gasteiger partial charge on any atom is 0.338 e. The van der Waals surface area contributed by atoms with Gasteiger partial charge in [-0.25, -0.2) is 4.79 Å². The molecule has 0 aromatic heterocycles. The van der Waals surface area contributed by atoms with Crippen molar-refractivity contribution in [1.29, 1.82) is 0 Å². The smallest absolute Gasteiger partial charge is 0.338 e. The van der Waals surface area contributed by atoms with Gasteiger partial charge in [-0.2, -0.15) is 0 Å². The van der Waals surface area contributed by atoms with Crippen molar-refractivity contribution in [1.82, 2.24) is 0 Å². The van der Waals surface area contributed by atoms with Gasteiger partial charge in [0.1, 0.15) is 11.4 Å². The lowest BCUT2D eigenvalue weighted by Gasteiger charge is -2.28. The number of carbonyl (C=O) groups is 2. The number of rotatable bonds is 7. The van der Waals surface area contributed by atoms with Gasteiger partial charge in [-0.1, -0.05) is 11.6 Å². The fraction of sp³-hybridized carbons (Fsp3) is 0.333. The summed E-state index contributed by atoms with van der Waals surface area (Å²) < 4.78 is 10.2. The summed E-state index contributed by atoms with van der Waals surface area (Å²) in [6, 6.07) is 8.91. The molecule has 0 aliphatic carbocycles. The van der Waals surface area contributed by atoms with Gasteiger partial charge in [-0.15, -0.1) is 0 Å². The summed E-state index contributed by atoms with van der Waals surface area (Å²) in [5, 5.41) is 14.5. The first-order valence-electron chi connectivity index (χ1n) is 9.73. The zero-order valence-corrected chi connectivity index (χ0v) is 17.7. The number of nitrogens with zero attached hydrogens (tertiary/aromatic N) is 2. The molecule has 3 rings (SSSR count). The van der Waals surface area contributed by atoms with E-state index in [2.05, 4.69) is 5.32 Å². The van der Waals surface area contributed by atoms with Crippen LogP contribution in [-0.2, 0) is 9.53 Å². The van der Waals surface area contributed by atoms with Crippen LogP contribution in [0.4, 0.5) is 17.1 Å². The van der Waals surface area contributed by atoms with Gasteiger partial charge in [-0.3, -0.25) is 14.9 Å². The Bertz CT molecular complexity index is 991. The number of piperidine rings is 1. The van der Waals surface area contributed by atoms with Crippen molar-refractivity contribution in [2.45, 2.75) is 19.3 Å². The molecular formula is C21H22ClN3O6. The molecule has 31 heavy (non-hydrogen) atoms. The van der Waals surface area contributed by atoms with E-state index in [1.165, 1.54) is 25.3 Å². The molecule has 9 nitrogen and oxygen atoms in total. The highest BCUT2D eigenvalue weighted by Gasteiger charge is 2.24. The lowest BCUT2D eigenvalue weighted by molar-refractivity contribution is -0.384. The number of nitrogens with one attached hydrogen (secondary N) is 1. The molecule has 1 aliphatic rings. The fourth-order valence-corrected chi connectivity index (χ4v) is 3.55. The van der Waals surface area contributed by atoms with Crippen LogP contribution in [0.5, 0.6) is 5.75 Å². The van der Waals surface area contributed by atoms with Gasteiger partial charge in [0.15, 0.2) is 6.61 Å². The van der Waals surface area contributed by atoms with E-state index in [-0.39, 0.29) is 11.3 Å². The number of hydrogen-bond donors (Lipinski definition) is 1. The first-order valence-corrected chi connectivity index (χ1v) is 10.1. The lowest BCUT2D eigenvalue weighted by atomic mass is 10.1. The van der Waals surface area contributed by atoms with Crippen LogP contribution in [0.2, 0.25) is 5.02 Å². The highest BCUT2D eigenvalue weighted by molar-refractivity contribution is 6.31. The van der Waals surface area contributed by atoms with Gasteiger partial charge in [0, 0.05) is 24.2 Å². The average Bonchev–Trinajstić information content (AvgIpc) is 2.77. The summed E-state index contributed by atoms with van der Waals surface area (Å²) in [6.45, 7) is 0.895. The van der Waals surface area contributed by atoms with E-state index in [4.69, 9.17) is 21.1 Å². The number of halogens is 1. The fourth-order valence-electron chi connectivity index (χ4n) is 3.38. The third-order valence-corrected chi connectivity index (χ3v) is 5.11. The number of methoxy groups -OCH3 is 1. The molecule has 164 valence electrons. The summed E-state index contributed by atoms with van der Waals surface area (Å²) in [7, 11) is 1.44. The van der Waals surface area contributed by atoms with Crippen molar-refractivity contribution in [3.8, 4) is 5.75 Å². The van der Waals surface area contributed by atoms with E-state index >= 15 is 0 Å². The number of esters is 1. The van der Waals surface area contributed by atoms with Crippen molar-refractivity contribution >= 4 is 40.5 Å².